The van der Waals surface area contributed by atoms with Gasteiger partial charge in [-0.1, -0.05) is 0 Å². The summed E-state index contributed by atoms with van der Waals surface area (Å²) in [5.74, 6) is 0.542. The first kappa shape index (κ1) is 12.5. The summed E-state index contributed by atoms with van der Waals surface area (Å²) >= 11 is 0. The van der Waals surface area contributed by atoms with Gasteiger partial charge in [-0.15, -0.1) is 0 Å². The minimum Gasteiger partial charge on any atom is -0.468 e. The Morgan fingerprint density at radius 2 is 2.33 bits per heavy atom. The molecule has 1 atom stereocenters. The maximum absolute atomic E-state index is 11.1. The number of piperidine rings is 1. The molecule has 0 radical (unpaired) electrons. The number of hydrogen-bond donors (Lipinski definition) is 0. The number of likely N-dealkylation sites (tertiary alicyclic amines) is 1. The zero-order valence-corrected chi connectivity index (χ0v) is 10.0. The molecule has 1 rings (SSSR count). The van der Waals surface area contributed by atoms with Crippen molar-refractivity contribution in [1.82, 2.24) is 9.80 Å². The van der Waals surface area contributed by atoms with Gasteiger partial charge in [-0.2, -0.15) is 0 Å². The van der Waals surface area contributed by atoms with E-state index in [2.05, 4.69) is 21.6 Å². The van der Waals surface area contributed by atoms with Gasteiger partial charge in [0, 0.05) is 13.1 Å². The molecule has 0 aromatic heterocycles. The predicted molar refractivity (Wildman–Crippen MR) is 59.7 cm³/mol. The van der Waals surface area contributed by atoms with Crippen molar-refractivity contribution in [2.75, 3.05) is 47.4 Å². The summed E-state index contributed by atoms with van der Waals surface area (Å²) in [4.78, 5) is 15.5. The molecule has 0 aromatic rings. The van der Waals surface area contributed by atoms with E-state index >= 15 is 0 Å². The molecule has 0 bridgehead atoms. The van der Waals surface area contributed by atoms with Crippen LogP contribution in [-0.2, 0) is 9.53 Å². The molecular formula is C11H22N2O2. The molecule has 0 amide bonds. The molecule has 0 N–H and O–H groups in total. The average Bonchev–Trinajstić information content (AvgIpc) is 2.17. The van der Waals surface area contributed by atoms with E-state index in [1.54, 1.807) is 0 Å². The summed E-state index contributed by atoms with van der Waals surface area (Å²) in [6, 6.07) is 0. The summed E-state index contributed by atoms with van der Waals surface area (Å²) in [6.07, 6.45) is 2.54. The average molecular weight is 214 g/mol. The van der Waals surface area contributed by atoms with Crippen LogP contribution >= 0.6 is 0 Å². The smallest absolute Gasteiger partial charge is 0.319 e. The highest BCUT2D eigenvalue weighted by Gasteiger charge is 2.19. The van der Waals surface area contributed by atoms with Crippen LogP contribution in [0.2, 0.25) is 0 Å². The van der Waals surface area contributed by atoms with Gasteiger partial charge in [0.05, 0.1) is 13.7 Å². The number of rotatable bonds is 4. The SMILES string of the molecule is COC(=O)CN(C)CC1CCCN(C)C1. The molecule has 1 fully saturated rings. The summed E-state index contributed by atoms with van der Waals surface area (Å²) in [6.45, 7) is 3.74. The molecule has 1 unspecified atom stereocenters. The van der Waals surface area contributed by atoms with E-state index in [0.29, 0.717) is 12.5 Å². The van der Waals surface area contributed by atoms with Crippen molar-refractivity contribution in [3.8, 4) is 0 Å². The molecule has 88 valence electrons. The third kappa shape index (κ3) is 4.62. The second kappa shape index (κ2) is 6.08. The Morgan fingerprint density at radius 1 is 1.60 bits per heavy atom. The monoisotopic (exact) mass is 214 g/mol. The Morgan fingerprint density at radius 3 is 2.93 bits per heavy atom. The molecule has 15 heavy (non-hydrogen) atoms. The van der Waals surface area contributed by atoms with Crippen LogP contribution in [-0.4, -0.2) is 63.2 Å². The number of carbonyl (C=O) groups excluding carboxylic acids is 1. The first-order valence-electron chi connectivity index (χ1n) is 5.55. The van der Waals surface area contributed by atoms with Crippen LogP contribution in [0, 0.1) is 5.92 Å². The van der Waals surface area contributed by atoms with Gasteiger partial charge in [-0.05, 0) is 39.4 Å². The van der Waals surface area contributed by atoms with Crippen molar-refractivity contribution < 1.29 is 9.53 Å². The van der Waals surface area contributed by atoms with Crippen LogP contribution in [0.3, 0.4) is 0 Å². The highest BCUT2D eigenvalue weighted by Crippen LogP contribution is 2.15. The van der Waals surface area contributed by atoms with Crippen LogP contribution < -0.4 is 0 Å². The largest absolute Gasteiger partial charge is 0.468 e. The molecule has 4 heteroatoms. The fourth-order valence-corrected chi connectivity index (χ4v) is 2.21. The molecule has 0 aliphatic carbocycles. The van der Waals surface area contributed by atoms with Gasteiger partial charge in [0.2, 0.25) is 0 Å². The number of hydrogen-bond acceptors (Lipinski definition) is 4. The highest BCUT2D eigenvalue weighted by molar-refractivity contribution is 5.71. The Hall–Kier alpha value is -0.610. The highest BCUT2D eigenvalue weighted by atomic mass is 16.5. The lowest BCUT2D eigenvalue weighted by atomic mass is 9.98. The van der Waals surface area contributed by atoms with Gasteiger partial charge in [-0.25, -0.2) is 0 Å². The molecule has 1 aliphatic rings. The van der Waals surface area contributed by atoms with E-state index in [4.69, 9.17) is 0 Å². The van der Waals surface area contributed by atoms with E-state index in [9.17, 15) is 4.79 Å². The molecule has 1 aliphatic heterocycles. The Kier molecular flexibility index (Phi) is 5.05. The van der Waals surface area contributed by atoms with E-state index < -0.39 is 0 Å². The standard InChI is InChI=1S/C11H22N2O2/c1-12-6-4-5-10(7-12)8-13(2)9-11(14)15-3/h10H,4-9H2,1-3H3. The summed E-state index contributed by atoms with van der Waals surface area (Å²) < 4.78 is 4.64. The number of carbonyl (C=O) groups is 1. The Balaban J connectivity index is 2.24. The van der Waals surface area contributed by atoms with E-state index in [-0.39, 0.29) is 5.97 Å². The van der Waals surface area contributed by atoms with E-state index in [1.807, 2.05) is 7.05 Å². The minimum atomic E-state index is -0.151. The Bertz CT molecular complexity index is 209. The lowest BCUT2D eigenvalue weighted by molar-refractivity contribution is -0.141. The fourth-order valence-electron chi connectivity index (χ4n) is 2.21. The molecule has 0 spiro atoms. The van der Waals surface area contributed by atoms with Crippen molar-refractivity contribution >= 4 is 5.97 Å². The first-order chi connectivity index (χ1) is 7.11. The molecule has 0 saturated carbocycles. The molecule has 1 saturated heterocycles. The van der Waals surface area contributed by atoms with Crippen molar-refractivity contribution in [1.29, 1.82) is 0 Å². The maximum Gasteiger partial charge on any atom is 0.319 e. The van der Waals surface area contributed by atoms with Gasteiger partial charge >= 0.3 is 5.97 Å². The number of esters is 1. The lowest BCUT2D eigenvalue weighted by Crippen LogP contribution is -2.39. The number of likely N-dealkylation sites (N-methyl/N-ethyl adjacent to an activating group) is 1. The van der Waals surface area contributed by atoms with Crippen molar-refractivity contribution in [3.05, 3.63) is 0 Å². The Labute approximate surface area is 92.2 Å². The number of ether oxygens (including phenoxy) is 1. The van der Waals surface area contributed by atoms with Gasteiger partial charge in [0.15, 0.2) is 0 Å². The first-order valence-corrected chi connectivity index (χ1v) is 5.55. The second-order valence-corrected chi connectivity index (χ2v) is 4.54. The van der Waals surface area contributed by atoms with Gasteiger partial charge in [-0.3, -0.25) is 9.69 Å². The fraction of sp³-hybridized carbons (Fsp3) is 0.909. The van der Waals surface area contributed by atoms with Crippen LogP contribution in [0.1, 0.15) is 12.8 Å². The molecule has 1 heterocycles. The normalized spacial score (nSPS) is 23.1. The van der Waals surface area contributed by atoms with E-state index in [1.165, 1.54) is 26.5 Å². The summed E-state index contributed by atoms with van der Waals surface area (Å²) in [5, 5.41) is 0. The van der Waals surface area contributed by atoms with Crippen LogP contribution in [0.4, 0.5) is 0 Å². The van der Waals surface area contributed by atoms with Crippen molar-refractivity contribution in [2.24, 2.45) is 5.92 Å². The zero-order valence-electron chi connectivity index (χ0n) is 10.0. The van der Waals surface area contributed by atoms with Crippen LogP contribution in [0.5, 0.6) is 0 Å². The molecular weight excluding hydrogens is 192 g/mol. The lowest BCUT2D eigenvalue weighted by Gasteiger charge is -2.32. The van der Waals surface area contributed by atoms with Gasteiger partial charge in [0.1, 0.15) is 0 Å². The predicted octanol–water partition coefficient (Wildman–Crippen LogP) is 0.433. The summed E-state index contributed by atoms with van der Waals surface area (Å²) in [7, 11) is 5.57. The quantitative estimate of drug-likeness (QED) is 0.636. The zero-order chi connectivity index (χ0) is 11.3. The minimum absolute atomic E-state index is 0.151. The third-order valence-electron chi connectivity index (χ3n) is 2.92. The number of nitrogens with zero attached hydrogens (tertiary/aromatic N) is 2. The second-order valence-electron chi connectivity index (χ2n) is 4.54. The van der Waals surface area contributed by atoms with Crippen molar-refractivity contribution in [2.45, 2.75) is 12.8 Å². The number of methoxy groups -OCH3 is 1. The van der Waals surface area contributed by atoms with Crippen LogP contribution in [0.15, 0.2) is 0 Å². The maximum atomic E-state index is 11.1. The van der Waals surface area contributed by atoms with Gasteiger partial charge in [0.25, 0.3) is 0 Å². The topological polar surface area (TPSA) is 32.8 Å². The van der Waals surface area contributed by atoms with E-state index in [0.717, 1.165) is 13.1 Å². The van der Waals surface area contributed by atoms with Crippen LogP contribution in [0.25, 0.3) is 0 Å². The van der Waals surface area contributed by atoms with Gasteiger partial charge < -0.3 is 9.64 Å². The van der Waals surface area contributed by atoms with Crippen molar-refractivity contribution in [3.63, 3.8) is 0 Å². The molecule has 4 nitrogen and oxygen atoms in total. The molecule has 0 aromatic carbocycles. The third-order valence-corrected chi connectivity index (χ3v) is 2.92. The summed E-state index contributed by atoms with van der Waals surface area (Å²) in [5.41, 5.74) is 0.